The number of carbonyl (C=O) groups is 1. The van der Waals surface area contributed by atoms with Crippen LogP contribution in [0.2, 0.25) is 0 Å². The van der Waals surface area contributed by atoms with Crippen molar-refractivity contribution in [3.8, 4) is 0 Å². The number of carbonyl (C=O) groups excluding carboxylic acids is 1. The Morgan fingerprint density at radius 1 is 1.38 bits per heavy atom. The second-order valence-corrected chi connectivity index (χ2v) is 7.06. The highest BCUT2D eigenvalue weighted by atomic mass is 32.1. The number of fused-ring (bicyclic) bond motifs is 1. The van der Waals surface area contributed by atoms with E-state index in [0.29, 0.717) is 0 Å². The standard InChI is InChI=1S/C17H20N2OS/c1-11(9-14-8-7-12(2)21-14)18-17(20)16-10-13-5-3-4-6-15(13)19-16/h3-8,11,16,19H,9-10H2,1-2H3,(H,18,20)/t11?,16-/m0/s1. The van der Waals surface area contributed by atoms with Crippen molar-refractivity contribution >= 4 is 22.9 Å². The van der Waals surface area contributed by atoms with Crippen LogP contribution >= 0.6 is 11.3 Å². The van der Waals surface area contributed by atoms with Crippen LogP contribution in [0.25, 0.3) is 0 Å². The summed E-state index contributed by atoms with van der Waals surface area (Å²) in [5.74, 6) is 0.0898. The summed E-state index contributed by atoms with van der Waals surface area (Å²) in [6.45, 7) is 4.17. The number of benzene rings is 1. The van der Waals surface area contributed by atoms with Crippen LogP contribution in [-0.4, -0.2) is 18.0 Å². The van der Waals surface area contributed by atoms with Crippen molar-refractivity contribution in [3.05, 3.63) is 51.7 Å². The third-order valence-electron chi connectivity index (χ3n) is 3.78. The maximum Gasteiger partial charge on any atom is 0.243 e. The van der Waals surface area contributed by atoms with Gasteiger partial charge in [-0.2, -0.15) is 0 Å². The van der Waals surface area contributed by atoms with Crippen LogP contribution in [0.1, 0.15) is 22.2 Å². The van der Waals surface area contributed by atoms with Gasteiger partial charge in [0, 0.05) is 34.3 Å². The van der Waals surface area contributed by atoms with Crippen LogP contribution < -0.4 is 10.6 Å². The molecule has 3 rings (SSSR count). The maximum atomic E-state index is 12.3. The molecule has 21 heavy (non-hydrogen) atoms. The summed E-state index contributed by atoms with van der Waals surface area (Å²) in [7, 11) is 0. The van der Waals surface area contributed by atoms with Gasteiger partial charge in [-0.05, 0) is 37.6 Å². The van der Waals surface area contributed by atoms with E-state index < -0.39 is 0 Å². The third-order valence-corrected chi connectivity index (χ3v) is 4.80. The van der Waals surface area contributed by atoms with Crippen molar-refractivity contribution in [1.82, 2.24) is 5.32 Å². The summed E-state index contributed by atoms with van der Waals surface area (Å²) in [6.07, 6.45) is 1.66. The van der Waals surface area contributed by atoms with Gasteiger partial charge < -0.3 is 10.6 Å². The number of hydrogen-bond acceptors (Lipinski definition) is 3. The van der Waals surface area contributed by atoms with Crippen molar-refractivity contribution in [3.63, 3.8) is 0 Å². The summed E-state index contributed by atoms with van der Waals surface area (Å²) >= 11 is 1.80. The van der Waals surface area contributed by atoms with E-state index >= 15 is 0 Å². The summed E-state index contributed by atoms with van der Waals surface area (Å²) in [5.41, 5.74) is 2.30. The number of thiophene rings is 1. The first-order valence-electron chi connectivity index (χ1n) is 7.32. The maximum absolute atomic E-state index is 12.3. The number of amides is 1. The third kappa shape index (κ3) is 3.27. The fourth-order valence-electron chi connectivity index (χ4n) is 2.75. The molecule has 1 aliphatic heterocycles. The van der Waals surface area contributed by atoms with Gasteiger partial charge >= 0.3 is 0 Å². The van der Waals surface area contributed by atoms with Crippen LogP contribution in [-0.2, 0) is 17.6 Å². The highest BCUT2D eigenvalue weighted by Crippen LogP contribution is 2.25. The van der Waals surface area contributed by atoms with E-state index in [9.17, 15) is 4.79 Å². The molecule has 1 amide bonds. The summed E-state index contributed by atoms with van der Waals surface area (Å²) in [6, 6.07) is 12.4. The molecule has 110 valence electrons. The molecule has 0 aliphatic carbocycles. The first-order chi connectivity index (χ1) is 10.1. The van der Waals surface area contributed by atoms with Crippen molar-refractivity contribution in [2.75, 3.05) is 5.32 Å². The number of para-hydroxylation sites is 1. The first kappa shape index (κ1) is 14.1. The average molecular weight is 300 g/mol. The smallest absolute Gasteiger partial charge is 0.243 e. The molecular weight excluding hydrogens is 280 g/mol. The number of anilines is 1. The quantitative estimate of drug-likeness (QED) is 0.911. The van der Waals surface area contributed by atoms with Crippen LogP contribution in [0.15, 0.2) is 36.4 Å². The van der Waals surface area contributed by atoms with Crippen molar-refractivity contribution in [2.45, 2.75) is 38.8 Å². The summed E-state index contributed by atoms with van der Waals surface area (Å²) < 4.78 is 0. The van der Waals surface area contributed by atoms with E-state index in [2.05, 4.69) is 42.7 Å². The topological polar surface area (TPSA) is 41.1 Å². The molecule has 4 heteroatoms. The van der Waals surface area contributed by atoms with Gasteiger partial charge in [-0.1, -0.05) is 18.2 Å². The monoisotopic (exact) mass is 300 g/mol. The molecule has 1 aromatic heterocycles. The molecule has 0 radical (unpaired) electrons. The zero-order valence-electron chi connectivity index (χ0n) is 12.3. The summed E-state index contributed by atoms with van der Waals surface area (Å²) in [4.78, 5) is 15.0. The van der Waals surface area contributed by atoms with Gasteiger partial charge in [0.2, 0.25) is 5.91 Å². The minimum Gasteiger partial charge on any atom is -0.373 e. The molecular formula is C17H20N2OS. The number of aryl methyl sites for hydroxylation is 1. The molecule has 0 saturated carbocycles. The molecule has 1 aromatic carbocycles. The van der Waals surface area contributed by atoms with Gasteiger partial charge in [0.15, 0.2) is 0 Å². The lowest BCUT2D eigenvalue weighted by molar-refractivity contribution is -0.122. The molecule has 2 N–H and O–H groups in total. The second kappa shape index (κ2) is 5.90. The predicted molar refractivity (Wildman–Crippen MR) is 87.9 cm³/mol. The Balaban J connectivity index is 1.55. The Kier molecular flexibility index (Phi) is 3.97. The molecule has 0 bridgehead atoms. The van der Waals surface area contributed by atoms with Crippen molar-refractivity contribution < 1.29 is 4.79 Å². The molecule has 2 atom stereocenters. The lowest BCUT2D eigenvalue weighted by Crippen LogP contribution is -2.43. The molecule has 0 fully saturated rings. The number of hydrogen-bond donors (Lipinski definition) is 2. The minimum absolute atomic E-state index is 0.0898. The normalized spacial score (nSPS) is 17.9. The molecule has 3 nitrogen and oxygen atoms in total. The Labute approximate surface area is 129 Å². The molecule has 2 aromatic rings. The van der Waals surface area contributed by atoms with Crippen molar-refractivity contribution in [1.29, 1.82) is 0 Å². The molecule has 1 aliphatic rings. The fourth-order valence-corrected chi connectivity index (χ4v) is 3.77. The molecule has 0 saturated heterocycles. The lowest BCUT2D eigenvalue weighted by atomic mass is 10.1. The van der Waals surface area contributed by atoms with E-state index in [1.54, 1.807) is 11.3 Å². The number of nitrogens with one attached hydrogen (secondary N) is 2. The Bertz CT molecular complexity index is 625. The highest BCUT2D eigenvalue weighted by molar-refractivity contribution is 7.11. The van der Waals surface area contributed by atoms with E-state index in [0.717, 1.165) is 18.5 Å². The molecule has 2 heterocycles. The van der Waals surface area contributed by atoms with Gasteiger partial charge in [0.1, 0.15) is 6.04 Å². The predicted octanol–water partition coefficient (Wildman–Crippen LogP) is 3.14. The van der Waals surface area contributed by atoms with Crippen LogP contribution in [0, 0.1) is 6.92 Å². The van der Waals surface area contributed by atoms with E-state index in [1.807, 2.05) is 18.2 Å². The van der Waals surface area contributed by atoms with Crippen molar-refractivity contribution in [2.24, 2.45) is 0 Å². The Morgan fingerprint density at radius 2 is 2.19 bits per heavy atom. The Hall–Kier alpha value is -1.81. The van der Waals surface area contributed by atoms with Gasteiger partial charge in [0.25, 0.3) is 0 Å². The van der Waals surface area contributed by atoms with Crippen LogP contribution in [0.3, 0.4) is 0 Å². The van der Waals surface area contributed by atoms with E-state index in [1.165, 1.54) is 15.3 Å². The van der Waals surface area contributed by atoms with Gasteiger partial charge in [-0.3, -0.25) is 4.79 Å². The largest absolute Gasteiger partial charge is 0.373 e. The van der Waals surface area contributed by atoms with Crippen LogP contribution in [0.5, 0.6) is 0 Å². The zero-order chi connectivity index (χ0) is 14.8. The van der Waals surface area contributed by atoms with Crippen LogP contribution in [0.4, 0.5) is 5.69 Å². The second-order valence-electron chi connectivity index (χ2n) is 5.68. The van der Waals surface area contributed by atoms with E-state index in [-0.39, 0.29) is 18.0 Å². The zero-order valence-corrected chi connectivity index (χ0v) is 13.2. The SMILES string of the molecule is Cc1ccc(CC(C)NC(=O)[C@@H]2Cc3ccccc3N2)s1. The van der Waals surface area contributed by atoms with Gasteiger partial charge in [-0.15, -0.1) is 11.3 Å². The first-order valence-corrected chi connectivity index (χ1v) is 8.13. The van der Waals surface area contributed by atoms with E-state index in [4.69, 9.17) is 0 Å². The fraction of sp³-hybridized carbons (Fsp3) is 0.353. The Morgan fingerprint density at radius 3 is 2.90 bits per heavy atom. The lowest BCUT2D eigenvalue weighted by Gasteiger charge is -2.17. The molecule has 1 unspecified atom stereocenters. The highest BCUT2D eigenvalue weighted by Gasteiger charge is 2.26. The summed E-state index contributed by atoms with van der Waals surface area (Å²) in [5, 5.41) is 6.42. The average Bonchev–Trinajstić information content (AvgIpc) is 3.04. The molecule has 0 spiro atoms. The van der Waals surface area contributed by atoms with Gasteiger partial charge in [0.05, 0.1) is 0 Å². The minimum atomic E-state index is -0.144. The number of rotatable bonds is 4. The van der Waals surface area contributed by atoms with Gasteiger partial charge in [-0.25, -0.2) is 0 Å².